The SMILES string of the molecule is Cc1ccc(S(=O)(=O)c2ccnc3[nH]c(-c4cn(C)c5ccc(C#N)cc45)cc23)cc1. The van der Waals surface area contributed by atoms with E-state index >= 15 is 0 Å². The van der Waals surface area contributed by atoms with Crippen molar-refractivity contribution in [3.63, 3.8) is 0 Å². The number of hydrogen-bond acceptors (Lipinski definition) is 4. The van der Waals surface area contributed by atoms with E-state index in [1.165, 1.54) is 12.3 Å². The molecule has 0 saturated heterocycles. The second-order valence-electron chi connectivity index (χ2n) is 7.57. The zero-order valence-electron chi connectivity index (χ0n) is 16.9. The molecular formula is C24H18N4O2S. The van der Waals surface area contributed by atoms with E-state index in [1.807, 2.05) is 42.9 Å². The molecule has 2 aromatic carbocycles. The first-order valence-corrected chi connectivity index (χ1v) is 11.2. The van der Waals surface area contributed by atoms with Crippen LogP contribution >= 0.6 is 0 Å². The maximum Gasteiger partial charge on any atom is 0.207 e. The minimum atomic E-state index is -3.71. The molecule has 0 spiro atoms. The van der Waals surface area contributed by atoms with E-state index in [0.29, 0.717) is 16.6 Å². The first kappa shape index (κ1) is 19.1. The number of aryl methyl sites for hydroxylation is 2. The maximum absolute atomic E-state index is 13.3. The van der Waals surface area contributed by atoms with Crippen molar-refractivity contribution >= 4 is 31.8 Å². The van der Waals surface area contributed by atoms with E-state index in [0.717, 1.165) is 27.7 Å². The lowest BCUT2D eigenvalue weighted by Crippen LogP contribution is -2.02. The fourth-order valence-electron chi connectivity index (χ4n) is 3.90. The molecule has 0 radical (unpaired) electrons. The van der Waals surface area contributed by atoms with Gasteiger partial charge >= 0.3 is 0 Å². The van der Waals surface area contributed by atoms with Gasteiger partial charge in [0.2, 0.25) is 9.84 Å². The molecule has 0 saturated carbocycles. The van der Waals surface area contributed by atoms with Gasteiger partial charge in [0.15, 0.2) is 0 Å². The van der Waals surface area contributed by atoms with Gasteiger partial charge < -0.3 is 9.55 Å². The summed E-state index contributed by atoms with van der Waals surface area (Å²) in [6, 6.07) is 17.9. The van der Waals surface area contributed by atoms with Crippen molar-refractivity contribution in [2.45, 2.75) is 16.7 Å². The van der Waals surface area contributed by atoms with Crippen LogP contribution in [0, 0.1) is 18.3 Å². The number of pyridine rings is 1. The number of nitriles is 1. The van der Waals surface area contributed by atoms with Gasteiger partial charge in [-0.15, -0.1) is 0 Å². The predicted octanol–water partition coefficient (Wildman–Crippen LogP) is 4.73. The number of H-pyrrole nitrogens is 1. The Kier molecular flexibility index (Phi) is 4.20. The Morgan fingerprint density at radius 1 is 1.03 bits per heavy atom. The highest BCUT2D eigenvalue weighted by molar-refractivity contribution is 7.91. The molecule has 0 fully saturated rings. The van der Waals surface area contributed by atoms with Crippen LogP contribution in [-0.4, -0.2) is 23.0 Å². The van der Waals surface area contributed by atoms with Crippen LogP contribution < -0.4 is 0 Å². The third-order valence-electron chi connectivity index (χ3n) is 5.52. The normalized spacial score (nSPS) is 11.8. The molecule has 0 atom stereocenters. The lowest BCUT2D eigenvalue weighted by molar-refractivity contribution is 0.597. The fourth-order valence-corrected chi connectivity index (χ4v) is 5.34. The summed E-state index contributed by atoms with van der Waals surface area (Å²) in [4.78, 5) is 8.06. The van der Waals surface area contributed by atoms with Gasteiger partial charge in [0, 0.05) is 47.0 Å². The van der Waals surface area contributed by atoms with E-state index in [9.17, 15) is 13.7 Å². The molecule has 0 bridgehead atoms. The van der Waals surface area contributed by atoms with Crippen LogP contribution in [0.5, 0.6) is 0 Å². The number of benzene rings is 2. The van der Waals surface area contributed by atoms with Gasteiger partial charge in [-0.25, -0.2) is 13.4 Å². The minimum absolute atomic E-state index is 0.210. The molecule has 6 nitrogen and oxygen atoms in total. The van der Waals surface area contributed by atoms with Crippen molar-refractivity contribution in [2.24, 2.45) is 7.05 Å². The summed E-state index contributed by atoms with van der Waals surface area (Å²) in [6.07, 6.45) is 3.46. The monoisotopic (exact) mass is 426 g/mol. The Labute approximate surface area is 179 Å². The Morgan fingerprint density at radius 3 is 2.55 bits per heavy atom. The molecule has 1 N–H and O–H groups in total. The molecule has 0 aliphatic carbocycles. The topological polar surface area (TPSA) is 91.5 Å². The average molecular weight is 427 g/mol. The Hall–Kier alpha value is -3.89. The maximum atomic E-state index is 13.3. The molecule has 5 rings (SSSR count). The Bertz CT molecular complexity index is 1620. The van der Waals surface area contributed by atoms with Gasteiger partial charge in [-0.05, 0) is 49.4 Å². The molecule has 0 unspecified atom stereocenters. The number of nitrogens with zero attached hydrogens (tertiary/aromatic N) is 3. The Balaban J connectivity index is 1.72. The summed E-state index contributed by atoms with van der Waals surface area (Å²) in [6.45, 7) is 1.92. The minimum Gasteiger partial charge on any atom is -0.350 e. The van der Waals surface area contributed by atoms with Gasteiger partial charge in [-0.2, -0.15) is 5.26 Å². The van der Waals surface area contributed by atoms with Crippen LogP contribution in [0.15, 0.2) is 76.8 Å². The van der Waals surface area contributed by atoms with Crippen LogP contribution in [0.25, 0.3) is 33.2 Å². The third kappa shape index (κ3) is 3.00. The molecule has 0 aliphatic rings. The van der Waals surface area contributed by atoms with Crippen molar-refractivity contribution < 1.29 is 8.42 Å². The molecule has 152 valence electrons. The number of hydrogen-bond donors (Lipinski definition) is 1. The molecule has 31 heavy (non-hydrogen) atoms. The highest BCUT2D eigenvalue weighted by Crippen LogP contribution is 2.35. The standard InChI is InChI=1S/C24H18N4O2S/c1-15-3-6-17(7-4-15)31(29,30)23-9-10-26-24-19(23)12-21(27-24)20-14-28(2)22-8-5-16(13-25)11-18(20)22/h3-12,14H,1-2H3,(H,26,27). The van der Waals surface area contributed by atoms with Gasteiger partial charge in [0.25, 0.3) is 0 Å². The number of rotatable bonds is 3. The second-order valence-corrected chi connectivity index (χ2v) is 9.49. The third-order valence-corrected chi connectivity index (χ3v) is 7.35. The summed E-state index contributed by atoms with van der Waals surface area (Å²) >= 11 is 0. The summed E-state index contributed by atoms with van der Waals surface area (Å²) in [5.41, 5.74) is 4.66. The summed E-state index contributed by atoms with van der Waals surface area (Å²) < 4.78 is 28.6. The molecule has 0 aliphatic heterocycles. The van der Waals surface area contributed by atoms with Crippen molar-refractivity contribution in [2.75, 3.05) is 0 Å². The van der Waals surface area contributed by atoms with E-state index in [4.69, 9.17) is 0 Å². The lowest BCUT2D eigenvalue weighted by atomic mass is 10.1. The zero-order chi connectivity index (χ0) is 21.8. The zero-order valence-corrected chi connectivity index (χ0v) is 17.7. The van der Waals surface area contributed by atoms with E-state index in [1.54, 1.807) is 30.3 Å². The van der Waals surface area contributed by atoms with Crippen molar-refractivity contribution in [3.8, 4) is 17.3 Å². The second kappa shape index (κ2) is 6.83. The predicted molar refractivity (Wildman–Crippen MR) is 119 cm³/mol. The van der Waals surface area contributed by atoms with Crippen LogP contribution in [0.3, 0.4) is 0 Å². The molecular weight excluding hydrogens is 408 g/mol. The van der Waals surface area contributed by atoms with Crippen LogP contribution in [-0.2, 0) is 16.9 Å². The Morgan fingerprint density at radius 2 is 1.81 bits per heavy atom. The number of fused-ring (bicyclic) bond motifs is 2. The van der Waals surface area contributed by atoms with E-state index < -0.39 is 9.84 Å². The number of aromatic amines is 1. The molecule has 3 aromatic heterocycles. The number of sulfone groups is 1. The van der Waals surface area contributed by atoms with Gasteiger partial charge in [-0.3, -0.25) is 0 Å². The van der Waals surface area contributed by atoms with Crippen LogP contribution in [0.2, 0.25) is 0 Å². The molecule has 7 heteroatoms. The first-order valence-electron chi connectivity index (χ1n) is 9.67. The summed E-state index contributed by atoms with van der Waals surface area (Å²) in [5, 5.41) is 10.7. The van der Waals surface area contributed by atoms with E-state index in [2.05, 4.69) is 16.0 Å². The molecule has 3 heterocycles. The summed E-state index contributed by atoms with van der Waals surface area (Å²) in [7, 11) is -1.77. The van der Waals surface area contributed by atoms with Gasteiger partial charge in [0.05, 0.1) is 21.4 Å². The van der Waals surface area contributed by atoms with E-state index in [-0.39, 0.29) is 9.79 Å². The lowest BCUT2D eigenvalue weighted by Gasteiger charge is -2.06. The molecule has 0 amide bonds. The average Bonchev–Trinajstić information content (AvgIpc) is 3.34. The number of aromatic nitrogens is 3. The highest BCUT2D eigenvalue weighted by Gasteiger charge is 2.22. The number of nitrogens with one attached hydrogen (secondary N) is 1. The fraction of sp³-hybridized carbons (Fsp3) is 0.0833. The molecule has 5 aromatic rings. The van der Waals surface area contributed by atoms with Crippen molar-refractivity contribution in [1.82, 2.24) is 14.5 Å². The van der Waals surface area contributed by atoms with Gasteiger partial charge in [0.1, 0.15) is 5.65 Å². The first-order chi connectivity index (χ1) is 14.9. The quantitative estimate of drug-likeness (QED) is 0.451. The summed E-state index contributed by atoms with van der Waals surface area (Å²) in [5.74, 6) is 0. The van der Waals surface area contributed by atoms with Gasteiger partial charge in [-0.1, -0.05) is 17.7 Å². The smallest absolute Gasteiger partial charge is 0.207 e. The van der Waals surface area contributed by atoms with Crippen molar-refractivity contribution in [1.29, 1.82) is 5.26 Å². The van der Waals surface area contributed by atoms with Crippen LogP contribution in [0.4, 0.5) is 0 Å². The largest absolute Gasteiger partial charge is 0.350 e. The van der Waals surface area contributed by atoms with Crippen LogP contribution in [0.1, 0.15) is 11.1 Å². The van der Waals surface area contributed by atoms with Crippen molar-refractivity contribution in [3.05, 3.63) is 78.1 Å². The highest BCUT2D eigenvalue weighted by atomic mass is 32.2.